The van der Waals surface area contributed by atoms with Crippen LogP contribution in [-0.4, -0.2) is 43.7 Å². The van der Waals surface area contributed by atoms with Gasteiger partial charge in [-0.25, -0.2) is 0 Å². The molecule has 1 aromatic rings. The molecule has 2 heterocycles. The van der Waals surface area contributed by atoms with Crippen molar-refractivity contribution in [2.24, 2.45) is 5.92 Å². The van der Waals surface area contributed by atoms with E-state index in [1.807, 2.05) is 11.0 Å². The number of benzene rings is 1. The van der Waals surface area contributed by atoms with E-state index in [9.17, 15) is 4.79 Å². The zero-order valence-corrected chi connectivity index (χ0v) is 14.7. The smallest absolute Gasteiger partial charge is 0.219 e. The normalized spacial score (nSPS) is 19.7. The lowest BCUT2D eigenvalue weighted by molar-refractivity contribution is -0.130. The number of hydrogen-bond donors (Lipinski definition) is 1. The predicted molar refractivity (Wildman–Crippen MR) is 93.4 cm³/mol. The summed E-state index contributed by atoms with van der Waals surface area (Å²) in [6.07, 6.45) is 3.09. The van der Waals surface area contributed by atoms with E-state index in [1.54, 1.807) is 6.92 Å². The van der Waals surface area contributed by atoms with Gasteiger partial charge in [0.2, 0.25) is 5.91 Å². The highest BCUT2D eigenvalue weighted by Crippen LogP contribution is 2.32. The number of fused-ring (bicyclic) bond motifs is 1. The molecule has 3 rings (SSSR count). The minimum atomic E-state index is 0.196. The second-order valence-electron chi connectivity index (χ2n) is 6.84. The summed E-state index contributed by atoms with van der Waals surface area (Å²) in [5, 5.41) is 3.64. The Morgan fingerprint density at radius 2 is 1.96 bits per heavy atom. The number of hydrogen-bond acceptors (Lipinski definition) is 4. The van der Waals surface area contributed by atoms with Crippen LogP contribution in [0.3, 0.4) is 0 Å². The predicted octanol–water partition coefficient (Wildman–Crippen LogP) is 2.76. The molecule has 1 amide bonds. The number of carbonyl (C=O) groups excluding carboxylic acids is 1. The molecule has 2 aliphatic heterocycles. The van der Waals surface area contributed by atoms with Crippen molar-refractivity contribution in [1.29, 1.82) is 0 Å². The lowest BCUT2D eigenvalue weighted by atomic mass is 9.96. The number of likely N-dealkylation sites (tertiary alicyclic amines) is 1. The van der Waals surface area contributed by atoms with E-state index >= 15 is 0 Å². The number of piperidine rings is 1. The summed E-state index contributed by atoms with van der Waals surface area (Å²) in [6, 6.07) is 6.49. The van der Waals surface area contributed by atoms with E-state index in [0.29, 0.717) is 12.5 Å². The summed E-state index contributed by atoms with van der Waals surface area (Å²) in [5.74, 6) is 2.54. The largest absolute Gasteiger partial charge is 0.490 e. The van der Waals surface area contributed by atoms with Crippen LogP contribution in [0.25, 0.3) is 0 Å². The molecule has 2 aliphatic rings. The van der Waals surface area contributed by atoms with E-state index in [4.69, 9.17) is 9.47 Å². The Bertz CT molecular complexity index is 568. The van der Waals surface area contributed by atoms with Crippen molar-refractivity contribution < 1.29 is 14.3 Å². The third-order valence-corrected chi connectivity index (χ3v) is 5.04. The van der Waals surface area contributed by atoms with Gasteiger partial charge in [0.15, 0.2) is 11.5 Å². The first kappa shape index (κ1) is 17.1. The van der Waals surface area contributed by atoms with Gasteiger partial charge in [0.05, 0.1) is 13.2 Å². The fourth-order valence-corrected chi connectivity index (χ4v) is 3.36. The molecule has 5 heteroatoms. The number of nitrogens with one attached hydrogen (secondary N) is 1. The maximum absolute atomic E-state index is 11.4. The van der Waals surface area contributed by atoms with Crippen LogP contribution in [0.15, 0.2) is 18.2 Å². The number of amides is 1. The van der Waals surface area contributed by atoms with Gasteiger partial charge in [-0.15, -0.1) is 0 Å². The Morgan fingerprint density at radius 3 is 2.67 bits per heavy atom. The maximum atomic E-state index is 11.4. The van der Waals surface area contributed by atoms with Gasteiger partial charge >= 0.3 is 0 Å². The average Bonchev–Trinajstić information content (AvgIpc) is 2.84. The molecule has 0 aromatic heterocycles. The van der Waals surface area contributed by atoms with Gasteiger partial charge < -0.3 is 19.7 Å². The number of carbonyl (C=O) groups is 1. The monoisotopic (exact) mass is 332 g/mol. The molecule has 5 nitrogen and oxygen atoms in total. The first-order chi connectivity index (χ1) is 11.6. The van der Waals surface area contributed by atoms with Crippen molar-refractivity contribution in [3.63, 3.8) is 0 Å². The van der Waals surface area contributed by atoms with Crippen molar-refractivity contribution in [2.45, 2.75) is 39.2 Å². The van der Waals surface area contributed by atoms with E-state index < -0.39 is 0 Å². The molecule has 0 bridgehead atoms. The Hall–Kier alpha value is -1.75. The SMILES string of the molecule is CC(=O)N1CCC(CNC(C)c2ccc3c(c2)OCCCO3)CC1. The van der Waals surface area contributed by atoms with Crippen LogP contribution < -0.4 is 14.8 Å². The molecule has 0 radical (unpaired) electrons. The summed E-state index contributed by atoms with van der Waals surface area (Å²) in [5.41, 5.74) is 1.22. The van der Waals surface area contributed by atoms with Crippen LogP contribution >= 0.6 is 0 Å². The van der Waals surface area contributed by atoms with Gasteiger partial charge in [0.25, 0.3) is 0 Å². The third-order valence-electron chi connectivity index (χ3n) is 5.04. The van der Waals surface area contributed by atoms with Gasteiger partial charge in [-0.1, -0.05) is 6.07 Å². The molecule has 0 spiro atoms. The minimum Gasteiger partial charge on any atom is -0.490 e. The van der Waals surface area contributed by atoms with Crippen LogP contribution in [0.2, 0.25) is 0 Å². The molecule has 1 N–H and O–H groups in total. The summed E-state index contributed by atoms with van der Waals surface area (Å²) < 4.78 is 11.5. The van der Waals surface area contributed by atoms with Crippen LogP contribution in [0.1, 0.15) is 44.7 Å². The minimum absolute atomic E-state index is 0.196. The molecule has 1 atom stereocenters. The van der Waals surface area contributed by atoms with Crippen LogP contribution in [-0.2, 0) is 4.79 Å². The average molecular weight is 332 g/mol. The van der Waals surface area contributed by atoms with Gasteiger partial charge in [0, 0.05) is 32.5 Å². The summed E-state index contributed by atoms with van der Waals surface area (Å²) in [4.78, 5) is 13.3. The molecule has 132 valence electrons. The van der Waals surface area contributed by atoms with Crippen molar-refractivity contribution in [2.75, 3.05) is 32.8 Å². The lowest BCUT2D eigenvalue weighted by Gasteiger charge is -2.32. The van der Waals surface area contributed by atoms with Crippen LogP contribution in [0.4, 0.5) is 0 Å². The topological polar surface area (TPSA) is 50.8 Å². The van der Waals surface area contributed by atoms with E-state index in [1.165, 1.54) is 5.56 Å². The third kappa shape index (κ3) is 4.20. The Labute approximate surface area is 144 Å². The fourth-order valence-electron chi connectivity index (χ4n) is 3.36. The van der Waals surface area contributed by atoms with Gasteiger partial charge in [-0.3, -0.25) is 4.79 Å². The second-order valence-corrected chi connectivity index (χ2v) is 6.84. The molecule has 24 heavy (non-hydrogen) atoms. The number of nitrogens with zero attached hydrogens (tertiary/aromatic N) is 1. The highest BCUT2D eigenvalue weighted by atomic mass is 16.5. The highest BCUT2D eigenvalue weighted by molar-refractivity contribution is 5.73. The zero-order valence-electron chi connectivity index (χ0n) is 14.7. The lowest BCUT2D eigenvalue weighted by Crippen LogP contribution is -2.40. The standard InChI is InChI=1S/C19H28N2O3/c1-14(20-13-16-6-8-21(9-7-16)15(2)22)17-4-5-18-19(12-17)24-11-3-10-23-18/h4-5,12,14,16,20H,3,6-11,13H2,1-2H3. The molecule has 1 aromatic carbocycles. The van der Waals surface area contributed by atoms with Crippen molar-refractivity contribution in [3.8, 4) is 11.5 Å². The van der Waals surface area contributed by atoms with E-state index in [-0.39, 0.29) is 11.9 Å². The molecule has 1 unspecified atom stereocenters. The van der Waals surface area contributed by atoms with Gasteiger partial charge in [-0.05, 0) is 49.9 Å². The maximum Gasteiger partial charge on any atom is 0.219 e. The molecular weight excluding hydrogens is 304 g/mol. The van der Waals surface area contributed by atoms with Crippen molar-refractivity contribution in [3.05, 3.63) is 23.8 Å². The van der Waals surface area contributed by atoms with E-state index in [0.717, 1.165) is 57.0 Å². The molecule has 1 saturated heterocycles. The first-order valence-electron chi connectivity index (χ1n) is 9.02. The van der Waals surface area contributed by atoms with Crippen LogP contribution in [0.5, 0.6) is 11.5 Å². The molecule has 1 fully saturated rings. The molecule has 0 aliphatic carbocycles. The van der Waals surface area contributed by atoms with E-state index in [2.05, 4.69) is 24.4 Å². The van der Waals surface area contributed by atoms with Crippen molar-refractivity contribution in [1.82, 2.24) is 10.2 Å². The van der Waals surface area contributed by atoms with Crippen molar-refractivity contribution >= 4 is 5.91 Å². The summed E-state index contributed by atoms with van der Waals surface area (Å²) >= 11 is 0. The summed E-state index contributed by atoms with van der Waals surface area (Å²) in [6.45, 7) is 8.04. The Morgan fingerprint density at radius 1 is 1.25 bits per heavy atom. The van der Waals surface area contributed by atoms with Crippen LogP contribution in [0, 0.1) is 5.92 Å². The zero-order chi connectivity index (χ0) is 16.9. The van der Waals surface area contributed by atoms with Gasteiger partial charge in [0.1, 0.15) is 0 Å². The second kappa shape index (κ2) is 7.88. The Kier molecular flexibility index (Phi) is 5.61. The highest BCUT2D eigenvalue weighted by Gasteiger charge is 2.21. The van der Waals surface area contributed by atoms with Gasteiger partial charge in [-0.2, -0.15) is 0 Å². The first-order valence-corrected chi connectivity index (χ1v) is 9.02. The fraction of sp³-hybridized carbons (Fsp3) is 0.632. The molecular formula is C19H28N2O3. The number of ether oxygens (including phenoxy) is 2. The summed E-state index contributed by atoms with van der Waals surface area (Å²) in [7, 11) is 0. The number of rotatable bonds is 4. The molecule has 0 saturated carbocycles. The Balaban J connectivity index is 1.51. The quantitative estimate of drug-likeness (QED) is 0.921.